The number of hydrogen-bond acceptors (Lipinski definition) is 4. The Bertz CT molecular complexity index is 1010. The van der Waals surface area contributed by atoms with Crippen molar-refractivity contribution in [1.82, 2.24) is 9.21 Å². The van der Waals surface area contributed by atoms with Crippen LogP contribution >= 0.6 is 0 Å². The third kappa shape index (κ3) is 5.06. The third-order valence-corrected chi connectivity index (χ3v) is 7.12. The van der Waals surface area contributed by atoms with Gasteiger partial charge in [-0.2, -0.15) is 4.31 Å². The summed E-state index contributed by atoms with van der Waals surface area (Å²) in [6.07, 6.45) is 1.75. The second-order valence-electron chi connectivity index (χ2n) is 7.32. The zero-order chi connectivity index (χ0) is 21.7. The Balaban J connectivity index is 1.69. The zero-order valence-electron chi connectivity index (χ0n) is 17.3. The molecule has 0 radical (unpaired) electrons. The van der Waals surface area contributed by atoms with E-state index >= 15 is 0 Å². The van der Waals surface area contributed by atoms with E-state index in [1.54, 1.807) is 11.0 Å². The number of benzene rings is 2. The van der Waals surface area contributed by atoms with Crippen LogP contribution in [0, 0.1) is 0 Å². The molecule has 1 fully saturated rings. The maximum Gasteiger partial charge on any atom is 0.255 e. The Kier molecular flexibility index (Phi) is 6.89. The molecule has 1 saturated heterocycles. The molecule has 7 nitrogen and oxygen atoms in total. The lowest BCUT2D eigenvalue weighted by atomic mass is 10.1. The molecule has 2 aromatic carbocycles. The Morgan fingerprint density at radius 1 is 1.07 bits per heavy atom. The summed E-state index contributed by atoms with van der Waals surface area (Å²) >= 11 is 0. The van der Waals surface area contributed by atoms with Crippen molar-refractivity contribution >= 4 is 27.5 Å². The van der Waals surface area contributed by atoms with Gasteiger partial charge in [0.15, 0.2) is 0 Å². The lowest BCUT2D eigenvalue weighted by molar-refractivity contribution is -0.129. The molecule has 1 heterocycles. The number of nitrogens with zero attached hydrogens (tertiary/aromatic N) is 2. The number of anilines is 1. The second-order valence-corrected chi connectivity index (χ2v) is 9.26. The Hall–Kier alpha value is -2.71. The molecule has 3 rings (SSSR count). The minimum Gasteiger partial charge on any atom is -0.339 e. The molecule has 8 heteroatoms. The number of hydrogen-bond donors (Lipinski definition) is 1. The maximum absolute atomic E-state index is 12.6. The minimum atomic E-state index is -3.50. The number of sulfonamides is 1. The van der Waals surface area contributed by atoms with E-state index in [4.69, 9.17) is 0 Å². The number of carbonyl (C=O) groups is 2. The fourth-order valence-electron chi connectivity index (χ4n) is 3.47. The van der Waals surface area contributed by atoms with E-state index in [2.05, 4.69) is 5.32 Å². The quantitative estimate of drug-likeness (QED) is 0.733. The first-order chi connectivity index (χ1) is 14.3. The van der Waals surface area contributed by atoms with Crippen LogP contribution in [0.25, 0.3) is 0 Å². The van der Waals surface area contributed by atoms with Crippen LogP contribution in [-0.4, -0.2) is 49.1 Å². The fourth-order valence-corrected chi connectivity index (χ4v) is 4.99. The summed E-state index contributed by atoms with van der Waals surface area (Å²) in [5, 5.41) is 2.83. The molecule has 0 aromatic heterocycles. The van der Waals surface area contributed by atoms with Gasteiger partial charge in [0.1, 0.15) is 0 Å². The van der Waals surface area contributed by atoms with Gasteiger partial charge in [-0.15, -0.1) is 0 Å². The van der Waals surface area contributed by atoms with Crippen LogP contribution in [0.1, 0.15) is 42.6 Å². The standard InChI is InChI=1S/C22H27N3O4S/c1-3-24(17(2)26)16-18-7-6-8-20(15-18)23-22(27)19-9-11-21(12-10-19)30(28,29)25-13-4-5-14-25/h6-12,15H,3-5,13-14,16H2,1-2H3,(H,23,27). The van der Waals surface area contributed by atoms with Crippen molar-refractivity contribution in [2.75, 3.05) is 25.0 Å². The molecule has 160 valence electrons. The number of nitrogens with one attached hydrogen (secondary N) is 1. The summed E-state index contributed by atoms with van der Waals surface area (Å²) in [6, 6.07) is 13.3. The highest BCUT2D eigenvalue weighted by atomic mass is 32.2. The molecular formula is C22H27N3O4S. The molecule has 1 N–H and O–H groups in total. The monoisotopic (exact) mass is 429 g/mol. The predicted octanol–water partition coefficient (Wildman–Crippen LogP) is 3.09. The van der Waals surface area contributed by atoms with Gasteiger partial charge >= 0.3 is 0 Å². The first-order valence-electron chi connectivity index (χ1n) is 10.1. The highest BCUT2D eigenvalue weighted by Crippen LogP contribution is 2.21. The van der Waals surface area contributed by atoms with Crippen LogP contribution in [0.2, 0.25) is 0 Å². The molecule has 0 atom stereocenters. The van der Waals surface area contributed by atoms with Crippen molar-refractivity contribution in [1.29, 1.82) is 0 Å². The molecule has 2 amide bonds. The van der Waals surface area contributed by atoms with Gasteiger partial charge in [-0.25, -0.2) is 8.42 Å². The summed E-state index contributed by atoms with van der Waals surface area (Å²) in [5.41, 5.74) is 1.91. The van der Waals surface area contributed by atoms with E-state index in [-0.39, 0.29) is 16.7 Å². The summed E-state index contributed by atoms with van der Waals surface area (Å²) in [7, 11) is -3.50. The number of carbonyl (C=O) groups excluding carboxylic acids is 2. The Morgan fingerprint density at radius 3 is 2.33 bits per heavy atom. The lowest BCUT2D eigenvalue weighted by Gasteiger charge is -2.19. The fraction of sp³-hybridized carbons (Fsp3) is 0.364. The Morgan fingerprint density at radius 2 is 1.73 bits per heavy atom. The van der Waals surface area contributed by atoms with Crippen molar-refractivity contribution in [3.05, 3.63) is 59.7 Å². The van der Waals surface area contributed by atoms with Crippen molar-refractivity contribution in [3.8, 4) is 0 Å². The second kappa shape index (κ2) is 9.40. The van der Waals surface area contributed by atoms with Gasteiger partial charge in [-0.1, -0.05) is 12.1 Å². The molecule has 0 aliphatic carbocycles. The van der Waals surface area contributed by atoms with Gasteiger partial charge in [-0.05, 0) is 61.7 Å². The van der Waals surface area contributed by atoms with E-state index in [1.165, 1.54) is 35.5 Å². The molecule has 0 saturated carbocycles. The van der Waals surface area contributed by atoms with Crippen molar-refractivity contribution in [2.24, 2.45) is 0 Å². The molecule has 0 unspecified atom stereocenters. The van der Waals surface area contributed by atoms with E-state index in [1.807, 2.05) is 25.1 Å². The van der Waals surface area contributed by atoms with Crippen LogP contribution in [0.15, 0.2) is 53.4 Å². The minimum absolute atomic E-state index is 0.00379. The molecule has 0 spiro atoms. The van der Waals surface area contributed by atoms with E-state index in [9.17, 15) is 18.0 Å². The van der Waals surface area contributed by atoms with Gasteiger partial charge < -0.3 is 10.2 Å². The SMILES string of the molecule is CCN(Cc1cccc(NC(=O)c2ccc(S(=O)(=O)N3CCCC3)cc2)c1)C(C)=O. The predicted molar refractivity (Wildman–Crippen MR) is 116 cm³/mol. The van der Waals surface area contributed by atoms with Gasteiger partial charge in [0, 0.05) is 44.4 Å². The van der Waals surface area contributed by atoms with Crippen molar-refractivity contribution in [3.63, 3.8) is 0 Å². The van der Waals surface area contributed by atoms with Crippen LogP contribution in [-0.2, 0) is 21.4 Å². The smallest absolute Gasteiger partial charge is 0.255 e. The lowest BCUT2D eigenvalue weighted by Crippen LogP contribution is -2.28. The largest absolute Gasteiger partial charge is 0.339 e. The normalized spacial score (nSPS) is 14.5. The molecule has 30 heavy (non-hydrogen) atoms. The van der Waals surface area contributed by atoms with Gasteiger partial charge in [0.2, 0.25) is 15.9 Å². The summed E-state index contributed by atoms with van der Waals surface area (Å²) in [5.74, 6) is -0.327. The van der Waals surface area contributed by atoms with Crippen molar-refractivity contribution < 1.29 is 18.0 Å². The van der Waals surface area contributed by atoms with Crippen LogP contribution < -0.4 is 5.32 Å². The third-order valence-electron chi connectivity index (χ3n) is 5.20. The van der Waals surface area contributed by atoms with Crippen LogP contribution in [0.5, 0.6) is 0 Å². The van der Waals surface area contributed by atoms with E-state index in [0.29, 0.717) is 37.4 Å². The average molecular weight is 430 g/mol. The first-order valence-corrected chi connectivity index (χ1v) is 11.5. The molecule has 1 aliphatic rings. The summed E-state index contributed by atoms with van der Waals surface area (Å²) < 4.78 is 26.7. The van der Waals surface area contributed by atoms with Crippen LogP contribution in [0.4, 0.5) is 5.69 Å². The van der Waals surface area contributed by atoms with Gasteiger partial charge in [0.05, 0.1) is 4.90 Å². The number of rotatable bonds is 7. The van der Waals surface area contributed by atoms with E-state index < -0.39 is 10.0 Å². The van der Waals surface area contributed by atoms with Gasteiger partial charge in [0.25, 0.3) is 5.91 Å². The summed E-state index contributed by atoms with van der Waals surface area (Å²) in [6.45, 7) is 5.61. The highest BCUT2D eigenvalue weighted by Gasteiger charge is 2.27. The van der Waals surface area contributed by atoms with Crippen LogP contribution in [0.3, 0.4) is 0 Å². The van der Waals surface area contributed by atoms with Crippen molar-refractivity contribution in [2.45, 2.75) is 38.1 Å². The molecule has 2 aromatic rings. The Labute approximate surface area is 177 Å². The molecule has 0 bridgehead atoms. The topological polar surface area (TPSA) is 86.8 Å². The van der Waals surface area contributed by atoms with E-state index in [0.717, 1.165) is 18.4 Å². The summed E-state index contributed by atoms with van der Waals surface area (Å²) in [4.78, 5) is 26.1. The first kappa shape index (κ1) is 22.0. The van der Waals surface area contributed by atoms with Gasteiger partial charge in [-0.3, -0.25) is 9.59 Å². The number of amides is 2. The maximum atomic E-state index is 12.6. The highest BCUT2D eigenvalue weighted by molar-refractivity contribution is 7.89. The average Bonchev–Trinajstić information content (AvgIpc) is 3.28. The molecular weight excluding hydrogens is 402 g/mol. The zero-order valence-corrected chi connectivity index (χ0v) is 18.1. The molecule has 1 aliphatic heterocycles.